The van der Waals surface area contributed by atoms with E-state index < -0.39 is 5.60 Å². The molecule has 158 valence electrons. The largest absolute Gasteiger partial charge is 0.444 e. The summed E-state index contributed by atoms with van der Waals surface area (Å²) in [5, 5.41) is 2.87. The number of likely N-dealkylation sites (tertiary alicyclic amines) is 1. The zero-order valence-electron chi connectivity index (χ0n) is 17.5. The second-order valence-corrected chi connectivity index (χ2v) is 8.78. The average Bonchev–Trinajstić information content (AvgIpc) is 2.88. The van der Waals surface area contributed by atoms with Gasteiger partial charge in [-0.1, -0.05) is 30.3 Å². The first kappa shape index (κ1) is 21.1. The highest BCUT2D eigenvalue weighted by atomic mass is 16.6. The lowest BCUT2D eigenvalue weighted by atomic mass is 9.94. The molecule has 0 aromatic heterocycles. The number of nitrogens with one attached hydrogen (secondary N) is 1. The predicted molar refractivity (Wildman–Crippen MR) is 109 cm³/mol. The highest BCUT2D eigenvalue weighted by Crippen LogP contribution is 2.29. The minimum absolute atomic E-state index is 0.00334. The topological polar surface area (TPSA) is 79.0 Å². The van der Waals surface area contributed by atoms with Gasteiger partial charge < -0.3 is 19.9 Å². The molecule has 1 aromatic rings. The molecule has 2 saturated heterocycles. The van der Waals surface area contributed by atoms with Crippen LogP contribution < -0.4 is 5.32 Å². The Balaban J connectivity index is 1.75. The standard InChI is InChI=1S/C22H31N3O4/c1-22(2,3)29-21(28)24-12-7-10-17(15-24)20(27)25-13-11-23-19(26)14-18(25)16-8-5-4-6-9-16/h4-6,8-9,17-18H,7,10-15H2,1-3H3,(H,23,26)/t17-,18-/m1/s1. The minimum atomic E-state index is -0.566. The van der Waals surface area contributed by atoms with Crippen LogP contribution in [0.1, 0.15) is 51.6 Å². The van der Waals surface area contributed by atoms with Gasteiger partial charge in [-0.2, -0.15) is 0 Å². The fourth-order valence-corrected chi connectivity index (χ4v) is 3.97. The van der Waals surface area contributed by atoms with Crippen molar-refractivity contribution in [2.24, 2.45) is 5.92 Å². The Morgan fingerprint density at radius 3 is 2.55 bits per heavy atom. The maximum atomic E-state index is 13.5. The second-order valence-electron chi connectivity index (χ2n) is 8.78. The number of benzene rings is 1. The summed E-state index contributed by atoms with van der Waals surface area (Å²) in [5.41, 5.74) is 0.390. The number of amides is 3. The molecule has 2 aliphatic heterocycles. The van der Waals surface area contributed by atoms with E-state index in [2.05, 4.69) is 5.32 Å². The quantitative estimate of drug-likeness (QED) is 0.826. The van der Waals surface area contributed by atoms with E-state index in [9.17, 15) is 14.4 Å². The van der Waals surface area contributed by atoms with Gasteiger partial charge in [-0.15, -0.1) is 0 Å². The first-order valence-electron chi connectivity index (χ1n) is 10.3. The Kier molecular flexibility index (Phi) is 6.45. The summed E-state index contributed by atoms with van der Waals surface area (Å²) in [7, 11) is 0. The summed E-state index contributed by atoms with van der Waals surface area (Å²) in [4.78, 5) is 41.5. The molecule has 2 heterocycles. The molecule has 0 unspecified atom stereocenters. The Morgan fingerprint density at radius 1 is 1.14 bits per heavy atom. The molecule has 0 saturated carbocycles. The van der Waals surface area contributed by atoms with E-state index in [1.165, 1.54) is 0 Å². The summed E-state index contributed by atoms with van der Waals surface area (Å²) in [6.45, 7) is 7.37. The summed E-state index contributed by atoms with van der Waals surface area (Å²) in [6, 6.07) is 9.39. The second kappa shape index (κ2) is 8.84. The SMILES string of the molecule is CC(C)(C)OC(=O)N1CCC[C@@H](C(=O)N2CCNC(=O)C[C@@H]2c2ccccc2)C1. The van der Waals surface area contributed by atoms with Gasteiger partial charge in [0.15, 0.2) is 0 Å². The van der Waals surface area contributed by atoms with Gasteiger partial charge in [-0.3, -0.25) is 9.59 Å². The van der Waals surface area contributed by atoms with E-state index in [4.69, 9.17) is 4.74 Å². The number of piperidine rings is 1. The normalized spacial score (nSPS) is 23.2. The maximum absolute atomic E-state index is 13.5. The lowest BCUT2D eigenvalue weighted by Gasteiger charge is -2.37. The summed E-state index contributed by atoms with van der Waals surface area (Å²) < 4.78 is 5.48. The molecule has 0 radical (unpaired) electrons. The highest BCUT2D eigenvalue weighted by molar-refractivity contribution is 5.83. The molecule has 0 bridgehead atoms. The van der Waals surface area contributed by atoms with Crippen LogP contribution in [0.5, 0.6) is 0 Å². The molecule has 7 heteroatoms. The van der Waals surface area contributed by atoms with E-state index in [1.54, 1.807) is 4.90 Å². The number of nitrogens with zero attached hydrogens (tertiary/aromatic N) is 2. The molecule has 29 heavy (non-hydrogen) atoms. The average molecular weight is 402 g/mol. The van der Waals surface area contributed by atoms with Gasteiger partial charge in [0.05, 0.1) is 18.4 Å². The van der Waals surface area contributed by atoms with Crippen LogP contribution in [0.3, 0.4) is 0 Å². The van der Waals surface area contributed by atoms with Crippen molar-refractivity contribution < 1.29 is 19.1 Å². The fourth-order valence-electron chi connectivity index (χ4n) is 3.97. The third-order valence-electron chi connectivity index (χ3n) is 5.32. The van der Waals surface area contributed by atoms with Gasteiger partial charge in [-0.05, 0) is 39.2 Å². The van der Waals surface area contributed by atoms with Crippen LogP contribution in [-0.2, 0) is 14.3 Å². The zero-order valence-corrected chi connectivity index (χ0v) is 17.5. The van der Waals surface area contributed by atoms with E-state index in [1.807, 2.05) is 56.0 Å². The highest BCUT2D eigenvalue weighted by Gasteiger charge is 2.37. The van der Waals surface area contributed by atoms with Crippen molar-refractivity contribution in [2.45, 2.75) is 51.7 Å². The number of carbonyl (C=O) groups is 3. The number of rotatable bonds is 2. The Morgan fingerprint density at radius 2 is 1.86 bits per heavy atom. The molecule has 7 nitrogen and oxygen atoms in total. The lowest BCUT2D eigenvalue weighted by Crippen LogP contribution is -2.49. The van der Waals surface area contributed by atoms with Crippen LogP contribution in [-0.4, -0.2) is 59.5 Å². The Bertz CT molecular complexity index is 744. The third-order valence-corrected chi connectivity index (χ3v) is 5.32. The van der Waals surface area contributed by atoms with Crippen molar-refractivity contribution in [2.75, 3.05) is 26.2 Å². The van der Waals surface area contributed by atoms with Gasteiger partial charge >= 0.3 is 6.09 Å². The van der Waals surface area contributed by atoms with Gasteiger partial charge in [0, 0.05) is 26.2 Å². The van der Waals surface area contributed by atoms with Gasteiger partial charge in [0.1, 0.15) is 5.60 Å². The van der Waals surface area contributed by atoms with Gasteiger partial charge in [0.25, 0.3) is 0 Å². The Hall–Kier alpha value is -2.57. The fraction of sp³-hybridized carbons (Fsp3) is 0.591. The van der Waals surface area contributed by atoms with Crippen LogP contribution in [0.25, 0.3) is 0 Å². The minimum Gasteiger partial charge on any atom is -0.444 e. The van der Waals surface area contributed by atoms with Gasteiger partial charge in [0.2, 0.25) is 11.8 Å². The predicted octanol–water partition coefficient (Wildman–Crippen LogP) is 2.72. The van der Waals surface area contributed by atoms with Crippen LogP contribution >= 0.6 is 0 Å². The number of carbonyl (C=O) groups excluding carboxylic acids is 3. The maximum Gasteiger partial charge on any atom is 0.410 e. The lowest BCUT2D eigenvalue weighted by molar-refractivity contribution is -0.139. The van der Waals surface area contributed by atoms with E-state index in [0.29, 0.717) is 26.2 Å². The summed E-state index contributed by atoms with van der Waals surface area (Å²) in [6.07, 6.45) is 1.37. The molecule has 0 spiro atoms. The molecule has 1 N–H and O–H groups in total. The van der Waals surface area contributed by atoms with Crippen molar-refractivity contribution in [1.29, 1.82) is 0 Å². The first-order valence-corrected chi connectivity index (χ1v) is 10.3. The van der Waals surface area contributed by atoms with Crippen LogP contribution in [0.4, 0.5) is 4.79 Å². The molecular weight excluding hydrogens is 370 g/mol. The summed E-state index contributed by atoms with van der Waals surface area (Å²) in [5.74, 6) is -0.326. The molecule has 3 rings (SSSR count). The van der Waals surface area contributed by atoms with Crippen LogP contribution in [0, 0.1) is 5.92 Å². The van der Waals surface area contributed by atoms with Crippen molar-refractivity contribution in [3.63, 3.8) is 0 Å². The van der Waals surface area contributed by atoms with Crippen LogP contribution in [0.15, 0.2) is 30.3 Å². The summed E-state index contributed by atoms with van der Waals surface area (Å²) >= 11 is 0. The van der Waals surface area contributed by atoms with Crippen LogP contribution in [0.2, 0.25) is 0 Å². The zero-order chi connectivity index (χ0) is 21.0. The molecule has 2 atom stereocenters. The number of hydrogen-bond acceptors (Lipinski definition) is 4. The smallest absolute Gasteiger partial charge is 0.410 e. The number of ether oxygens (including phenoxy) is 1. The first-order chi connectivity index (χ1) is 13.7. The third kappa shape index (κ3) is 5.49. The monoisotopic (exact) mass is 401 g/mol. The van der Waals surface area contributed by atoms with Crippen molar-refractivity contribution in [1.82, 2.24) is 15.1 Å². The Labute approximate surface area is 172 Å². The number of hydrogen-bond donors (Lipinski definition) is 1. The van der Waals surface area contributed by atoms with Crippen molar-refractivity contribution >= 4 is 17.9 Å². The van der Waals surface area contributed by atoms with E-state index in [0.717, 1.165) is 18.4 Å². The molecule has 2 fully saturated rings. The van der Waals surface area contributed by atoms with Crippen molar-refractivity contribution in [3.05, 3.63) is 35.9 Å². The molecule has 1 aromatic carbocycles. The molecule has 0 aliphatic carbocycles. The van der Waals surface area contributed by atoms with Gasteiger partial charge in [-0.25, -0.2) is 4.79 Å². The molecule has 3 amide bonds. The van der Waals surface area contributed by atoms with E-state index in [-0.39, 0.29) is 36.3 Å². The van der Waals surface area contributed by atoms with Crippen molar-refractivity contribution in [3.8, 4) is 0 Å². The molecular formula is C22H31N3O4. The van der Waals surface area contributed by atoms with E-state index >= 15 is 0 Å². The molecule has 2 aliphatic rings.